The summed E-state index contributed by atoms with van der Waals surface area (Å²) in [4.78, 5) is 4.45. The van der Waals surface area contributed by atoms with E-state index in [1.54, 1.807) is 0 Å². The van der Waals surface area contributed by atoms with Crippen molar-refractivity contribution in [1.29, 1.82) is 0 Å². The van der Waals surface area contributed by atoms with Gasteiger partial charge in [0, 0.05) is 43.9 Å². The molecule has 1 aromatic carbocycles. The lowest BCUT2D eigenvalue weighted by atomic mass is 9.78. The molecular formula is C23H34IN5O2. The lowest BCUT2D eigenvalue weighted by Crippen LogP contribution is -2.44. The fourth-order valence-electron chi connectivity index (χ4n) is 4.71. The van der Waals surface area contributed by atoms with Crippen LogP contribution in [0.3, 0.4) is 0 Å². The van der Waals surface area contributed by atoms with Crippen molar-refractivity contribution in [1.82, 2.24) is 20.4 Å². The molecule has 1 saturated carbocycles. The van der Waals surface area contributed by atoms with Gasteiger partial charge in [-0.05, 0) is 44.4 Å². The molecule has 0 amide bonds. The minimum Gasteiger partial charge on any atom is -0.486 e. The van der Waals surface area contributed by atoms with Crippen molar-refractivity contribution in [3.05, 3.63) is 40.7 Å². The van der Waals surface area contributed by atoms with E-state index in [1.807, 2.05) is 18.8 Å². The Balaban J connectivity index is 0.00000272. The van der Waals surface area contributed by atoms with Crippen LogP contribution in [0, 0.1) is 13.8 Å². The van der Waals surface area contributed by atoms with Gasteiger partial charge in [0.2, 0.25) is 0 Å². The molecule has 2 aromatic rings. The number of guanidine groups is 1. The molecule has 0 saturated heterocycles. The topological polar surface area (TPSA) is 72.7 Å². The smallest absolute Gasteiger partial charge is 0.191 e. The summed E-state index contributed by atoms with van der Waals surface area (Å²) in [6.45, 7) is 6.94. The number of rotatable bonds is 5. The van der Waals surface area contributed by atoms with Crippen molar-refractivity contribution >= 4 is 29.9 Å². The maximum Gasteiger partial charge on any atom is 0.191 e. The molecule has 1 aliphatic carbocycles. The van der Waals surface area contributed by atoms with Crippen LogP contribution in [0.25, 0.3) is 0 Å². The van der Waals surface area contributed by atoms with Crippen LogP contribution in [0.4, 0.5) is 0 Å². The Labute approximate surface area is 202 Å². The molecule has 2 N–H and O–H groups in total. The maximum absolute atomic E-state index is 5.84. The number of aryl methyl sites for hydroxylation is 2. The number of nitrogens with one attached hydrogen (secondary N) is 2. The van der Waals surface area contributed by atoms with Crippen LogP contribution in [-0.2, 0) is 19.0 Å². The van der Waals surface area contributed by atoms with Gasteiger partial charge >= 0.3 is 0 Å². The SMILES string of the molecule is CN=C(NCc1c(C)nn(C)c1C)NCC1(c2ccc3c(c2)OCCO3)CCCC1.I. The molecule has 8 heteroatoms. The van der Waals surface area contributed by atoms with Gasteiger partial charge in [0.15, 0.2) is 17.5 Å². The molecule has 2 aliphatic rings. The average Bonchev–Trinajstić information content (AvgIpc) is 3.34. The van der Waals surface area contributed by atoms with Gasteiger partial charge in [-0.1, -0.05) is 18.9 Å². The summed E-state index contributed by atoms with van der Waals surface area (Å²) in [6, 6.07) is 6.45. The number of aromatic nitrogens is 2. The van der Waals surface area contributed by atoms with E-state index in [4.69, 9.17) is 9.47 Å². The van der Waals surface area contributed by atoms with Crippen LogP contribution in [0.1, 0.15) is 48.2 Å². The Hall–Kier alpha value is -1.97. The molecule has 1 aromatic heterocycles. The van der Waals surface area contributed by atoms with E-state index >= 15 is 0 Å². The van der Waals surface area contributed by atoms with E-state index in [-0.39, 0.29) is 29.4 Å². The number of halogens is 1. The molecule has 7 nitrogen and oxygen atoms in total. The maximum atomic E-state index is 5.84. The zero-order valence-electron chi connectivity index (χ0n) is 19.0. The number of nitrogens with zero attached hydrogens (tertiary/aromatic N) is 3. The standard InChI is InChI=1S/C23H33N5O2.HI/c1-16-19(17(2)28(4)27-16)14-25-22(24-3)26-15-23(9-5-6-10-23)18-7-8-20-21(13-18)30-12-11-29-20;/h7-8,13H,5-6,9-12,14-15H2,1-4H3,(H2,24,25,26);1H. The summed E-state index contributed by atoms with van der Waals surface area (Å²) >= 11 is 0. The van der Waals surface area contributed by atoms with Crippen LogP contribution in [-0.4, -0.2) is 42.5 Å². The summed E-state index contributed by atoms with van der Waals surface area (Å²) < 4.78 is 13.5. The average molecular weight is 539 g/mol. The van der Waals surface area contributed by atoms with Crippen LogP contribution in [0.15, 0.2) is 23.2 Å². The zero-order valence-corrected chi connectivity index (χ0v) is 21.3. The fraction of sp³-hybridized carbons (Fsp3) is 0.565. The summed E-state index contributed by atoms with van der Waals surface area (Å²) in [7, 11) is 3.81. The van der Waals surface area contributed by atoms with Gasteiger partial charge in [-0.2, -0.15) is 5.10 Å². The molecule has 170 valence electrons. The minimum absolute atomic E-state index is 0. The third-order valence-electron chi connectivity index (χ3n) is 6.62. The van der Waals surface area contributed by atoms with E-state index in [0.29, 0.717) is 19.8 Å². The second-order valence-corrected chi connectivity index (χ2v) is 8.40. The van der Waals surface area contributed by atoms with Gasteiger partial charge in [-0.3, -0.25) is 9.67 Å². The van der Waals surface area contributed by atoms with Gasteiger partial charge < -0.3 is 20.1 Å². The Kier molecular flexibility index (Phi) is 7.72. The fourth-order valence-corrected chi connectivity index (χ4v) is 4.71. The van der Waals surface area contributed by atoms with Crippen molar-refractivity contribution < 1.29 is 9.47 Å². The highest BCUT2D eigenvalue weighted by atomic mass is 127. The lowest BCUT2D eigenvalue weighted by molar-refractivity contribution is 0.171. The highest BCUT2D eigenvalue weighted by Gasteiger charge is 2.36. The second kappa shape index (κ2) is 10.1. The first-order valence-electron chi connectivity index (χ1n) is 10.9. The largest absolute Gasteiger partial charge is 0.486 e. The van der Waals surface area contributed by atoms with Gasteiger partial charge in [0.1, 0.15) is 13.2 Å². The molecule has 1 fully saturated rings. The molecule has 0 unspecified atom stereocenters. The Morgan fingerprint density at radius 2 is 1.84 bits per heavy atom. The number of ether oxygens (including phenoxy) is 2. The van der Waals surface area contributed by atoms with E-state index in [0.717, 1.165) is 42.5 Å². The third kappa shape index (κ3) is 4.94. The summed E-state index contributed by atoms with van der Waals surface area (Å²) in [5.41, 5.74) is 4.88. The summed E-state index contributed by atoms with van der Waals surface area (Å²) in [5, 5.41) is 11.6. The van der Waals surface area contributed by atoms with Gasteiger partial charge in [-0.15, -0.1) is 24.0 Å². The van der Waals surface area contributed by atoms with Gasteiger partial charge in [0.05, 0.1) is 5.69 Å². The number of benzene rings is 1. The van der Waals surface area contributed by atoms with Crippen LogP contribution < -0.4 is 20.1 Å². The summed E-state index contributed by atoms with van der Waals surface area (Å²) in [5.74, 6) is 2.54. The molecule has 0 radical (unpaired) electrons. The number of fused-ring (bicyclic) bond motifs is 1. The first-order chi connectivity index (χ1) is 14.5. The van der Waals surface area contributed by atoms with E-state index in [1.165, 1.54) is 29.7 Å². The molecule has 0 bridgehead atoms. The Morgan fingerprint density at radius 3 is 2.48 bits per heavy atom. The predicted molar refractivity (Wildman–Crippen MR) is 134 cm³/mol. The molecule has 4 rings (SSSR count). The molecule has 2 heterocycles. The first kappa shape index (κ1) is 23.7. The van der Waals surface area contributed by atoms with Crippen molar-refractivity contribution in [3.63, 3.8) is 0 Å². The molecular weight excluding hydrogens is 505 g/mol. The van der Waals surface area contributed by atoms with E-state index in [9.17, 15) is 0 Å². The summed E-state index contributed by atoms with van der Waals surface area (Å²) in [6.07, 6.45) is 4.82. The Bertz CT molecular complexity index is 934. The number of hydrogen-bond acceptors (Lipinski definition) is 4. The van der Waals surface area contributed by atoms with Crippen molar-refractivity contribution in [2.24, 2.45) is 12.0 Å². The quantitative estimate of drug-likeness (QED) is 0.345. The Morgan fingerprint density at radius 1 is 1.13 bits per heavy atom. The normalized spacial score (nSPS) is 17.2. The third-order valence-corrected chi connectivity index (χ3v) is 6.62. The number of aliphatic imine (C=N–C) groups is 1. The monoisotopic (exact) mass is 539 g/mol. The molecule has 31 heavy (non-hydrogen) atoms. The van der Waals surface area contributed by atoms with Crippen LogP contribution in [0.2, 0.25) is 0 Å². The van der Waals surface area contributed by atoms with E-state index in [2.05, 4.69) is 52.8 Å². The van der Waals surface area contributed by atoms with Crippen molar-refractivity contribution in [2.45, 2.75) is 51.5 Å². The lowest BCUT2D eigenvalue weighted by Gasteiger charge is -2.32. The first-order valence-corrected chi connectivity index (χ1v) is 10.9. The van der Waals surface area contributed by atoms with Crippen LogP contribution >= 0.6 is 24.0 Å². The van der Waals surface area contributed by atoms with Crippen molar-refractivity contribution in [3.8, 4) is 11.5 Å². The predicted octanol–water partition coefficient (Wildman–Crippen LogP) is 3.60. The molecule has 1 aliphatic heterocycles. The van der Waals surface area contributed by atoms with Crippen LogP contribution in [0.5, 0.6) is 11.5 Å². The van der Waals surface area contributed by atoms with Crippen molar-refractivity contribution in [2.75, 3.05) is 26.8 Å². The molecule has 0 atom stereocenters. The van der Waals surface area contributed by atoms with Gasteiger partial charge in [0.25, 0.3) is 0 Å². The minimum atomic E-state index is 0. The number of hydrogen-bond donors (Lipinski definition) is 2. The van der Waals surface area contributed by atoms with Gasteiger partial charge in [-0.25, -0.2) is 0 Å². The van der Waals surface area contributed by atoms with E-state index < -0.39 is 0 Å². The molecule has 0 spiro atoms. The highest BCUT2D eigenvalue weighted by molar-refractivity contribution is 14.0. The highest BCUT2D eigenvalue weighted by Crippen LogP contribution is 2.43. The zero-order chi connectivity index (χ0) is 21.1. The second-order valence-electron chi connectivity index (χ2n) is 8.40.